The number of nitrogens with one attached hydrogen (secondary N) is 1. The zero-order chi connectivity index (χ0) is 15.6. The van der Waals surface area contributed by atoms with Crippen LogP contribution in [-0.2, 0) is 12.7 Å². The fourth-order valence-electron chi connectivity index (χ4n) is 1.55. The van der Waals surface area contributed by atoms with Gasteiger partial charge in [-0.05, 0) is 13.0 Å². The van der Waals surface area contributed by atoms with Gasteiger partial charge >= 0.3 is 6.18 Å². The lowest BCUT2D eigenvalue weighted by Crippen LogP contribution is -2.04. The zero-order valence-electron chi connectivity index (χ0n) is 10.6. The first-order valence-corrected chi connectivity index (χ1v) is 5.66. The lowest BCUT2D eigenvalue weighted by Gasteiger charge is -2.04. The van der Waals surface area contributed by atoms with Gasteiger partial charge in [-0.2, -0.15) is 13.2 Å². The van der Waals surface area contributed by atoms with E-state index >= 15 is 0 Å². The molecule has 0 saturated carbocycles. The van der Waals surface area contributed by atoms with E-state index in [2.05, 4.69) is 20.0 Å². The SMILES string of the molecule is Cc1nc(NCc2cc(C(F)(F)F)on2)ccc1[N+](=O)[O-]. The second-order valence-corrected chi connectivity index (χ2v) is 4.09. The zero-order valence-corrected chi connectivity index (χ0v) is 10.6. The van der Waals surface area contributed by atoms with E-state index < -0.39 is 16.9 Å². The summed E-state index contributed by atoms with van der Waals surface area (Å²) in [5.41, 5.74) is 0.0996. The van der Waals surface area contributed by atoms with Gasteiger partial charge in [0, 0.05) is 12.1 Å². The van der Waals surface area contributed by atoms with Crippen LogP contribution in [0.2, 0.25) is 0 Å². The van der Waals surface area contributed by atoms with Crippen LogP contribution in [0.3, 0.4) is 0 Å². The highest BCUT2D eigenvalue weighted by Gasteiger charge is 2.36. The van der Waals surface area contributed by atoms with Gasteiger partial charge in [0.25, 0.3) is 5.69 Å². The van der Waals surface area contributed by atoms with Crippen LogP contribution in [0.15, 0.2) is 22.7 Å². The Morgan fingerprint density at radius 2 is 2.14 bits per heavy atom. The third-order valence-electron chi connectivity index (χ3n) is 2.54. The van der Waals surface area contributed by atoms with Gasteiger partial charge in [0.05, 0.1) is 11.5 Å². The molecule has 0 spiro atoms. The Balaban J connectivity index is 2.05. The molecule has 0 aliphatic rings. The van der Waals surface area contributed by atoms with E-state index in [1.807, 2.05) is 0 Å². The van der Waals surface area contributed by atoms with Gasteiger partial charge in [-0.25, -0.2) is 4.98 Å². The second kappa shape index (κ2) is 5.38. The molecule has 0 fully saturated rings. The Kier molecular flexibility index (Phi) is 3.78. The van der Waals surface area contributed by atoms with E-state index in [1.54, 1.807) is 0 Å². The number of hydrogen-bond donors (Lipinski definition) is 1. The maximum atomic E-state index is 12.3. The molecule has 0 unspecified atom stereocenters. The monoisotopic (exact) mass is 302 g/mol. The molecule has 2 rings (SSSR count). The van der Waals surface area contributed by atoms with Crippen LogP contribution in [0.1, 0.15) is 17.1 Å². The van der Waals surface area contributed by atoms with Gasteiger partial charge in [0.15, 0.2) is 0 Å². The number of hydrogen-bond acceptors (Lipinski definition) is 6. The Hall–Kier alpha value is -2.65. The molecule has 21 heavy (non-hydrogen) atoms. The maximum absolute atomic E-state index is 12.3. The summed E-state index contributed by atoms with van der Waals surface area (Å²) in [7, 11) is 0. The molecule has 112 valence electrons. The first-order valence-electron chi connectivity index (χ1n) is 5.66. The van der Waals surface area contributed by atoms with Crippen LogP contribution in [0.5, 0.6) is 0 Å². The molecular formula is C11H9F3N4O3. The van der Waals surface area contributed by atoms with Crippen LogP contribution in [0.25, 0.3) is 0 Å². The van der Waals surface area contributed by atoms with E-state index in [4.69, 9.17) is 0 Å². The van der Waals surface area contributed by atoms with Crippen molar-refractivity contribution >= 4 is 11.5 Å². The molecule has 2 heterocycles. The highest BCUT2D eigenvalue weighted by molar-refractivity contribution is 5.44. The van der Waals surface area contributed by atoms with Crippen molar-refractivity contribution in [3.05, 3.63) is 45.5 Å². The van der Waals surface area contributed by atoms with Crippen molar-refractivity contribution in [2.24, 2.45) is 0 Å². The highest BCUT2D eigenvalue weighted by Crippen LogP contribution is 2.29. The predicted octanol–water partition coefficient (Wildman–Crippen LogP) is 2.92. The van der Waals surface area contributed by atoms with Gasteiger partial charge in [-0.15, -0.1) is 0 Å². The molecule has 0 saturated heterocycles. The molecule has 0 atom stereocenters. The van der Waals surface area contributed by atoms with Gasteiger partial charge < -0.3 is 9.84 Å². The van der Waals surface area contributed by atoms with Crippen molar-refractivity contribution in [1.82, 2.24) is 10.1 Å². The van der Waals surface area contributed by atoms with E-state index in [-0.39, 0.29) is 29.4 Å². The molecule has 10 heteroatoms. The van der Waals surface area contributed by atoms with Crippen molar-refractivity contribution in [3.8, 4) is 0 Å². The van der Waals surface area contributed by atoms with Gasteiger partial charge in [-0.3, -0.25) is 10.1 Å². The number of nitro groups is 1. The average Bonchev–Trinajstić information content (AvgIpc) is 2.84. The molecule has 2 aromatic rings. The molecular weight excluding hydrogens is 293 g/mol. The van der Waals surface area contributed by atoms with Crippen molar-refractivity contribution in [3.63, 3.8) is 0 Å². The normalized spacial score (nSPS) is 11.4. The Labute approximate surface area is 115 Å². The summed E-state index contributed by atoms with van der Waals surface area (Å²) in [4.78, 5) is 14.0. The summed E-state index contributed by atoms with van der Waals surface area (Å²) in [6.45, 7) is 1.41. The van der Waals surface area contributed by atoms with Crippen LogP contribution in [-0.4, -0.2) is 15.1 Å². The molecule has 0 aromatic carbocycles. The van der Waals surface area contributed by atoms with Crippen molar-refractivity contribution in [1.29, 1.82) is 0 Å². The van der Waals surface area contributed by atoms with Crippen LogP contribution >= 0.6 is 0 Å². The predicted molar refractivity (Wildman–Crippen MR) is 64.5 cm³/mol. The number of anilines is 1. The van der Waals surface area contributed by atoms with E-state index in [0.29, 0.717) is 0 Å². The van der Waals surface area contributed by atoms with Crippen molar-refractivity contribution in [2.75, 3.05) is 5.32 Å². The number of nitrogens with zero attached hydrogens (tertiary/aromatic N) is 3. The van der Waals surface area contributed by atoms with Crippen molar-refractivity contribution in [2.45, 2.75) is 19.6 Å². The topological polar surface area (TPSA) is 94.1 Å². The minimum atomic E-state index is -4.59. The molecule has 0 aliphatic carbocycles. The number of alkyl halides is 3. The minimum Gasteiger partial charge on any atom is -0.364 e. The average molecular weight is 302 g/mol. The highest BCUT2D eigenvalue weighted by atomic mass is 19.4. The van der Waals surface area contributed by atoms with E-state index in [0.717, 1.165) is 6.07 Å². The Bertz CT molecular complexity index is 669. The molecule has 0 radical (unpaired) electrons. The third-order valence-corrected chi connectivity index (χ3v) is 2.54. The van der Waals surface area contributed by atoms with Gasteiger partial charge in [-0.1, -0.05) is 5.16 Å². The molecule has 0 aliphatic heterocycles. The number of rotatable bonds is 4. The standard InChI is InChI=1S/C11H9F3N4O3/c1-6-8(18(19)20)2-3-10(16-6)15-5-7-4-9(21-17-7)11(12,13)14/h2-4H,5H2,1H3,(H,15,16). The third kappa shape index (κ3) is 3.46. The quantitative estimate of drug-likeness (QED) is 0.689. The van der Waals surface area contributed by atoms with Crippen LogP contribution in [0.4, 0.5) is 24.7 Å². The first kappa shape index (κ1) is 14.8. The van der Waals surface area contributed by atoms with E-state index in [9.17, 15) is 23.3 Å². The van der Waals surface area contributed by atoms with Crippen molar-refractivity contribution < 1.29 is 22.6 Å². The summed E-state index contributed by atoms with van der Waals surface area (Å²) >= 11 is 0. The summed E-state index contributed by atoms with van der Waals surface area (Å²) in [6.07, 6.45) is -4.59. The Morgan fingerprint density at radius 3 is 2.67 bits per heavy atom. The fourth-order valence-corrected chi connectivity index (χ4v) is 1.55. The van der Waals surface area contributed by atoms with Gasteiger partial charge in [0.2, 0.25) is 5.76 Å². The lowest BCUT2D eigenvalue weighted by molar-refractivity contribution is -0.385. The van der Waals surface area contributed by atoms with Crippen LogP contribution < -0.4 is 5.32 Å². The second-order valence-electron chi connectivity index (χ2n) is 4.09. The molecule has 0 bridgehead atoms. The van der Waals surface area contributed by atoms with Crippen LogP contribution in [0, 0.1) is 17.0 Å². The smallest absolute Gasteiger partial charge is 0.364 e. The number of pyridine rings is 1. The largest absolute Gasteiger partial charge is 0.452 e. The summed E-state index contributed by atoms with van der Waals surface area (Å²) in [6, 6.07) is 3.38. The molecule has 2 aromatic heterocycles. The Morgan fingerprint density at radius 1 is 1.43 bits per heavy atom. The summed E-state index contributed by atoms with van der Waals surface area (Å²) in [5.74, 6) is -0.901. The summed E-state index contributed by atoms with van der Waals surface area (Å²) in [5, 5.41) is 16.6. The van der Waals surface area contributed by atoms with E-state index in [1.165, 1.54) is 19.1 Å². The minimum absolute atomic E-state index is 0.0418. The number of halogens is 3. The molecule has 1 N–H and O–H groups in total. The lowest BCUT2D eigenvalue weighted by atomic mass is 10.3. The number of aryl methyl sites for hydroxylation is 1. The van der Waals surface area contributed by atoms with Gasteiger partial charge in [0.1, 0.15) is 17.2 Å². The maximum Gasteiger partial charge on any atom is 0.452 e. The first-order chi connectivity index (χ1) is 9.77. The number of aromatic nitrogens is 2. The fraction of sp³-hybridized carbons (Fsp3) is 0.273. The molecule has 0 amide bonds. The summed E-state index contributed by atoms with van der Waals surface area (Å²) < 4.78 is 41.1. The molecule has 7 nitrogen and oxygen atoms in total.